The average molecular weight is 525 g/mol. The monoisotopic (exact) mass is 523 g/mol. The van der Waals surface area contributed by atoms with Crippen molar-refractivity contribution in [2.24, 2.45) is 0 Å². The molecule has 1 aromatic heterocycles. The summed E-state index contributed by atoms with van der Waals surface area (Å²) in [6.07, 6.45) is 5.49. The number of benzene rings is 2. The van der Waals surface area contributed by atoms with Gasteiger partial charge in [-0.3, -0.25) is 0 Å². The molecule has 0 radical (unpaired) electrons. The molecule has 166 valence electrons. The Morgan fingerprint density at radius 1 is 1.13 bits per heavy atom. The Kier molecular flexibility index (Phi) is 10.6. The van der Waals surface area contributed by atoms with E-state index in [4.69, 9.17) is 66.5 Å². The lowest BCUT2D eigenvalue weighted by Crippen LogP contribution is -2.20. The molecule has 0 amide bonds. The first-order chi connectivity index (χ1) is 14.7. The van der Waals surface area contributed by atoms with Gasteiger partial charge in [0.05, 0.1) is 21.6 Å². The van der Waals surface area contributed by atoms with E-state index >= 15 is 0 Å². The Hall–Kier alpha value is -1.84. The molecule has 0 bridgehead atoms. The number of aromatic nitrogens is 2. The maximum atomic E-state index is 8.36. The highest BCUT2D eigenvalue weighted by molar-refractivity contribution is 7.99. The van der Waals surface area contributed by atoms with Gasteiger partial charge in [0.2, 0.25) is 0 Å². The maximum Gasteiger partial charge on any atom is 0.291 e. The van der Waals surface area contributed by atoms with E-state index in [0.29, 0.717) is 32.4 Å². The minimum atomic E-state index is -1.50. The number of halogens is 4. The number of imidazole rings is 1. The fourth-order valence-electron chi connectivity index (χ4n) is 2.39. The quantitative estimate of drug-likeness (QED) is 0.266. The molecular weight excluding hydrogens is 508 g/mol. The standard InChI is InChI=1S/C19H16Cl4N2OS.HNO3/c20-14-2-1-13(18(22)7-14)11-27-16(9-25-6-5-24-12-25)10-26-15-3-4-17(21)19(23)8-15;2-1(3)4/h1-8,12,16H,9-11H2;(H,2,3,4). The first-order valence-corrected chi connectivity index (χ1v) is 11.2. The average Bonchev–Trinajstić information content (AvgIpc) is 3.20. The lowest BCUT2D eigenvalue weighted by Gasteiger charge is -2.18. The minimum absolute atomic E-state index is 0.181. The summed E-state index contributed by atoms with van der Waals surface area (Å²) in [5.41, 5.74) is 1.04. The van der Waals surface area contributed by atoms with Gasteiger partial charge in [-0.15, -0.1) is 21.9 Å². The summed E-state index contributed by atoms with van der Waals surface area (Å²) in [4.78, 5) is 12.5. The fraction of sp³-hybridized carbons (Fsp3) is 0.211. The van der Waals surface area contributed by atoms with Crippen molar-refractivity contribution >= 4 is 58.2 Å². The van der Waals surface area contributed by atoms with Gasteiger partial charge in [0.15, 0.2) is 0 Å². The van der Waals surface area contributed by atoms with E-state index in [2.05, 4.69) is 4.98 Å². The summed E-state index contributed by atoms with van der Waals surface area (Å²) in [6, 6.07) is 10.8. The number of rotatable bonds is 8. The zero-order valence-electron chi connectivity index (χ0n) is 15.8. The molecule has 0 aliphatic rings. The molecule has 0 saturated heterocycles. The van der Waals surface area contributed by atoms with Crippen LogP contribution in [0.15, 0.2) is 55.1 Å². The van der Waals surface area contributed by atoms with E-state index in [0.717, 1.165) is 17.9 Å². The second-order valence-corrected chi connectivity index (χ2v) is 9.00. The van der Waals surface area contributed by atoms with Gasteiger partial charge >= 0.3 is 0 Å². The summed E-state index contributed by atoms with van der Waals surface area (Å²) in [5.74, 6) is 1.44. The van der Waals surface area contributed by atoms with Crippen LogP contribution in [0.2, 0.25) is 20.1 Å². The Balaban J connectivity index is 0.000000785. The third-order valence-corrected chi connectivity index (χ3v) is 6.35. The summed E-state index contributed by atoms with van der Waals surface area (Å²) >= 11 is 26.0. The summed E-state index contributed by atoms with van der Waals surface area (Å²) in [6.45, 7) is 1.27. The number of hydrogen-bond donors (Lipinski definition) is 1. The first-order valence-electron chi connectivity index (χ1n) is 8.67. The Bertz CT molecular complexity index is 988. The number of nitrogens with zero attached hydrogens (tertiary/aromatic N) is 3. The molecule has 2 aromatic carbocycles. The molecule has 7 nitrogen and oxygen atoms in total. The minimum Gasteiger partial charge on any atom is -0.492 e. The second kappa shape index (κ2) is 12.9. The van der Waals surface area contributed by atoms with Gasteiger partial charge in [-0.2, -0.15) is 0 Å². The lowest BCUT2D eigenvalue weighted by molar-refractivity contribution is -0.742. The van der Waals surface area contributed by atoms with Crippen LogP contribution in [0, 0.1) is 10.1 Å². The van der Waals surface area contributed by atoms with Crippen molar-refractivity contribution in [1.29, 1.82) is 0 Å². The molecule has 12 heteroatoms. The molecule has 1 N–H and O–H groups in total. The summed E-state index contributed by atoms with van der Waals surface area (Å²) in [7, 11) is 0. The normalized spacial score (nSPS) is 11.4. The Morgan fingerprint density at radius 3 is 2.48 bits per heavy atom. The zero-order valence-corrected chi connectivity index (χ0v) is 19.7. The van der Waals surface area contributed by atoms with Crippen molar-refractivity contribution in [1.82, 2.24) is 9.55 Å². The van der Waals surface area contributed by atoms with Gasteiger partial charge in [-0.05, 0) is 29.8 Å². The van der Waals surface area contributed by atoms with E-state index < -0.39 is 5.09 Å². The number of thioether (sulfide) groups is 1. The van der Waals surface area contributed by atoms with Gasteiger partial charge in [0, 0.05) is 40.8 Å². The van der Waals surface area contributed by atoms with Crippen LogP contribution in [-0.4, -0.2) is 31.7 Å². The van der Waals surface area contributed by atoms with Crippen LogP contribution in [0.5, 0.6) is 5.75 Å². The van der Waals surface area contributed by atoms with Crippen LogP contribution in [0.3, 0.4) is 0 Å². The predicted octanol–water partition coefficient (Wildman–Crippen LogP) is 6.53. The highest BCUT2D eigenvalue weighted by atomic mass is 35.5. The van der Waals surface area contributed by atoms with Crippen LogP contribution in [0.4, 0.5) is 0 Å². The number of hydrogen-bond acceptors (Lipinski definition) is 5. The van der Waals surface area contributed by atoms with Gasteiger partial charge in [-0.1, -0.05) is 52.5 Å². The van der Waals surface area contributed by atoms with Gasteiger partial charge in [-0.25, -0.2) is 4.98 Å². The van der Waals surface area contributed by atoms with Crippen LogP contribution >= 0.6 is 58.2 Å². The molecule has 0 aliphatic heterocycles. The highest BCUT2D eigenvalue weighted by Gasteiger charge is 2.14. The molecule has 31 heavy (non-hydrogen) atoms. The molecule has 3 rings (SSSR count). The number of ether oxygens (including phenoxy) is 1. The van der Waals surface area contributed by atoms with Crippen molar-refractivity contribution in [3.63, 3.8) is 0 Å². The van der Waals surface area contributed by atoms with Crippen molar-refractivity contribution in [3.8, 4) is 5.75 Å². The SMILES string of the molecule is Clc1ccc(CSC(COc2ccc(Cl)c(Cl)c2)Cn2ccnc2)c(Cl)c1.O=[N+]([O-])O. The topological polar surface area (TPSA) is 90.4 Å². The molecular formula is C19H17Cl4N3O4S. The summed E-state index contributed by atoms with van der Waals surface area (Å²) in [5, 5.41) is 16.1. The van der Waals surface area contributed by atoms with E-state index in [1.807, 2.05) is 29.0 Å². The maximum absolute atomic E-state index is 8.36. The van der Waals surface area contributed by atoms with E-state index in [1.54, 1.807) is 42.5 Å². The molecule has 0 aliphatic carbocycles. The van der Waals surface area contributed by atoms with Crippen molar-refractivity contribution in [2.75, 3.05) is 6.61 Å². The summed E-state index contributed by atoms with van der Waals surface area (Å²) < 4.78 is 7.97. The third kappa shape index (κ3) is 9.45. The zero-order chi connectivity index (χ0) is 22.8. The molecule has 1 unspecified atom stereocenters. The van der Waals surface area contributed by atoms with Crippen LogP contribution in [0.25, 0.3) is 0 Å². The van der Waals surface area contributed by atoms with Crippen molar-refractivity contribution < 1.29 is 15.0 Å². The lowest BCUT2D eigenvalue weighted by atomic mass is 10.2. The van der Waals surface area contributed by atoms with E-state index in [1.165, 1.54) is 0 Å². The molecule has 0 spiro atoms. The first kappa shape index (κ1) is 25.4. The van der Waals surface area contributed by atoms with Crippen molar-refractivity contribution in [3.05, 3.63) is 90.9 Å². The smallest absolute Gasteiger partial charge is 0.291 e. The Labute approximate surface area is 203 Å². The van der Waals surface area contributed by atoms with Crippen LogP contribution < -0.4 is 4.74 Å². The highest BCUT2D eigenvalue weighted by Crippen LogP contribution is 2.29. The van der Waals surface area contributed by atoms with Crippen LogP contribution in [0.1, 0.15) is 5.56 Å². The Morgan fingerprint density at radius 2 is 1.87 bits per heavy atom. The molecule has 0 saturated carbocycles. The second-order valence-electron chi connectivity index (χ2n) is 6.05. The van der Waals surface area contributed by atoms with E-state index in [-0.39, 0.29) is 5.25 Å². The van der Waals surface area contributed by atoms with Gasteiger partial charge in [0.1, 0.15) is 12.4 Å². The van der Waals surface area contributed by atoms with Crippen LogP contribution in [-0.2, 0) is 12.3 Å². The third-order valence-electron chi connectivity index (χ3n) is 3.79. The predicted molar refractivity (Wildman–Crippen MR) is 125 cm³/mol. The molecule has 1 atom stereocenters. The molecule has 3 aromatic rings. The van der Waals surface area contributed by atoms with Crippen molar-refractivity contribution in [2.45, 2.75) is 17.5 Å². The molecule has 0 fully saturated rings. The van der Waals surface area contributed by atoms with Gasteiger partial charge < -0.3 is 14.5 Å². The fourth-order valence-corrected chi connectivity index (χ4v) is 4.34. The van der Waals surface area contributed by atoms with Gasteiger partial charge in [0.25, 0.3) is 5.09 Å². The largest absolute Gasteiger partial charge is 0.492 e. The van der Waals surface area contributed by atoms with E-state index in [9.17, 15) is 0 Å². The molecule has 1 heterocycles.